The molecule has 0 saturated carbocycles. The number of aromatic nitrogens is 3. The molecule has 2 rings (SSSR count). The summed E-state index contributed by atoms with van der Waals surface area (Å²) in [5, 5.41) is 0. The number of amides is 1. The van der Waals surface area contributed by atoms with Gasteiger partial charge in [0.25, 0.3) is 5.91 Å². The molecule has 21 heavy (non-hydrogen) atoms. The lowest BCUT2D eigenvalue weighted by molar-refractivity contribution is 0.0953. The van der Waals surface area contributed by atoms with Crippen molar-refractivity contribution in [2.45, 2.75) is 20.4 Å². The number of rotatable bonds is 3. The number of hydrogen-bond acceptors (Lipinski definition) is 5. The van der Waals surface area contributed by atoms with E-state index in [-0.39, 0.29) is 12.2 Å². The maximum atomic E-state index is 12.0. The molecule has 0 aliphatic rings. The van der Waals surface area contributed by atoms with Crippen molar-refractivity contribution in [2.75, 3.05) is 0 Å². The Bertz CT molecular complexity index is 739. The molecular formula is C13H14BrN5O2. The van der Waals surface area contributed by atoms with E-state index in [9.17, 15) is 9.59 Å². The SMILES string of the molecule is Cc1nc(=O)n(Cc2ccc(C(=O)NN)cn2)c(C)c1Br. The second-order valence-corrected chi connectivity index (χ2v) is 5.27. The van der Waals surface area contributed by atoms with Crippen molar-refractivity contribution in [1.82, 2.24) is 20.0 Å². The summed E-state index contributed by atoms with van der Waals surface area (Å²) in [6.07, 6.45) is 1.41. The first-order valence-corrected chi connectivity index (χ1v) is 6.92. The molecule has 0 aromatic carbocycles. The normalized spacial score (nSPS) is 10.5. The molecule has 2 aromatic rings. The Morgan fingerprint density at radius 3 is 2.71 bits per heavy atom. The van der Waals surface area contributed by atoms with Gasteiger partial charge in [-0.25, -0.2) is 10.6 Å². The van der Waals surface area contributed by atoms with Gasteiger partial charge in [0, 0.05) is 11.9 Å². The Labute approximate surface area is 129 Å². The van der Waals surface area contributed by atoms with Gasteiger partial charge in [-0.15, -0.1) is 0 Å². The lowest BCUT2D eigenvalue weighted by Crippen LogP contribution is -2.30. The quantitative estimate of drug-likeness (QED) is 0.480. The van der Waals surface area contributed by atoms with Crippen LogP contribution in [0, 0.1) is 13.8 Å². The largest absolute Gasteiger partial charge is 0.348 e. The Balaban J connectivity index is 2.33. The maximum Gasteiger partial charge on any atom is 0.348 e. The van der Waals surface area contributed by atoms with E-state index in [1.54, 1.807) is 19.1 Å². The topological polar surface area (TPSA) is 103 Å². The molecule has 0 atom stereocenters. The Hall–Kier alpha value is -2.06. The fraction of sp³-hybridized carbons (Fsp3) is 0.231. The van der Waals surface area contributed by atoms with Crippen LogP contribution in [0.25, 0.3) is 0 Å². The summed E-state index contributed by atoms with van der Waals surface area (Å²) in [5.74, 6) is 4.64. The molecule has 0 unspecified atom stereocenters. The number of nitrogens with one attached hydrogen (secondary N) is 1. The Morgan fingerprint density at radius 1 is 1.43 bits per heavy atom. The van der Waals surface area contributed by atoms with E-state index in [0.29, 0.717) is 17.0 Å². The molecule has 0 spiro atoms. The average molecular weight is 352 g/mol. The molecule has 0 aliphatic carbocycles. The molecule has 110 valence electrons. The van der Waals surface area contributed by atoms with Crippen LogP contribution in [0.2, 0.25) is 0 Å². The second-order valence-electron chi connectivity index (χ2n) is 4.48. The number of hydrogen-bond donors (Lipinski definition) is 2. The molecule has 0 fully saturated rings. The third kappa shape index (κ3) is 3.17. The van der Waals surface area contributed by atoms with E-state index in [2.05, 4.69) is 25.9 Å². The predicted molar refractivity (Wildman–Crippen MR) is 80.7 cm³/mol. The van der Waals surface area contributed by atoms with Crippen molar-refractivity contribution in [3.63, 3.8) is 0 Å². The van der Waals surface area contributed by atoms with Gasteiger partial charge in [0.2, 0.25) is 0 Å². The first-order chi connectivity index (χ1) is 9.93. The highest BCUT2D eigenvalue weighted by Gasteiger charge is 2.11. The van der Waals surface area contributed by atoms with Crippen LogP contribution in [0.5, 0.6) is 0 Å². The van der Waals surface area contributed by atoms with Crippen LogP contribution < -0.4 is 17.0 Å². The number of nitrogens with zero attached hydrogens (tertiary/aromatic N) is 3. The molecule has 2 heterocycles. The lowest BCUT2D eigenvalue weighted by atomic mass is 10.2. The van der Waals surface area contributed by atoms with E-state index >= 15 is 0 Å². The Morgan fingerprint density at radius 2 is 2.14 bits per heavy atom. The molecular weight excluding hydrogens is 338 g/mol. The molecule has 0 bridgehead atoms. The number of hydrazine groups is 1. The second kappa shape index (κ2) is 6.15. The van der Waals surface area contributed by atoms with Crippen molar-refractivity contribution >= 4 is 21.8 Å². The zero-order valence-corrected chi connectivity index (χ0v) is 13.1. The van der Waals surface area contributed by atoms with Crippen LogP contribution >= 0.6 is 15.9 Å². The first kappa shape index (κ1) is 15.3. The van der Waals surface area contributed by atoms with Crippen LogP contribution in [-0.4, -0.2) is 20.4 Å². The monoisotopic (exact) mass is 351 g/mol. The summed E-state index contributed by atoms with van der Waals surface area (Å²) in [7, 11) is 0. The molecule has 2 aromatic heterocycles. The van der Waals surface area contributed by atoms with Gasteiger partial charge in [0.15, 0.2) is 0 Å². The summed E-state index contributed by atoms with van der Waals surface area (Å²) in [6, 6.07) is 3.27. The van der Waals surface area contributed by atoms with Crippen molar-refractivity contribution in [2.24, 2.45) is 5.84 Å². The highest BCUT2D eigenvalue weighted by atomic mass is 79.9. The van der Waals surface area contributed by atoms with Gasteiger partial charge in [-0.2, -0.15) is 4.98 Å². The lowest BCUT2D eigenvalue weighted by Gasteiger charge is -2.11. The van der Waals surface area contributed by atoms with E-state index < -0.39 is 5.91 Å². The summed E-state index contributed by atoms with van der Waals surface area (Å²) in [6.45, 7) is 3.87. The molecule has 1 amide bonds. The van der Waals surface area contributed by atoms with E-state index in [1.807, 2.05) is 12.3 Å². The molecule has 3 N–H and O–H groups in total. The fourth-order valence-electron chi connectivity index (χ4n) is 1.86. The van der Waals surface area contributed by atoms with Gasteiger partial charge in [-0.05, 0) is 41.9 Å². The van der Waals surface area contributed by atoms with Crippen molar-refractivity contribution in [3.05, 3.63) is 55.9 Å². The fourth-order valence-corrected chi connectivity index (χ4v) is 2.16. The van der Waals surface area contributed by atoms with Crippen LogP contribution in [0.4, 0.5) is 0 Å². The minimum absolute atomic E-state index is 0.279. The standard InChI is InChI=1S/C13H14BrN5O2/c1-7-11(14)8(2)19(13(21)17-7)6-10-4-3-9(5-16-10)12(20)18-15/h3-5H,6,15H2,1-2H3,(H,18,20). The number of pyridine rings is 1. The van der Waals surface area contributed by atoms with E-state index in [1.165, 1.54) is 10.8 Å². The third-order valence-corrected chi connectivity index (χ3v) is 4.22. The number of nitrogens with two attached hydrogens (primary N) is 1. The molecule has 0 aliphatic heterocycles. The minimum Gasteiger partial charge on any atom is -0.290 e. The van der Waals surface area contributed by atoms with E-state index in [0.717, 1.165) is 10.2 Å². The van der Waals surface area contributed by atoms with Crippen molar-refractivity contribution in [1.29, 1.82) is 0 Å². The maximum absolute atomic E-state index is 12.0. The first-order valence-electron chi connectivity index (χ1n) is 6.13. The average Bonchev–Trinajstić information content (AvgIpc) is 2.49. The number of halogens is 1. The van der Waals surface area contributed by atoms with Gasteiger partial charge in [0.1, 0.15) is 0 Å². The predicted octanol–water partition coefficient (Wildman–Crippen LogP) is 0.669. The summed E-state index contributed by atoms with van der Waals surface area (Å²) >= 11 is 3.41. The van der Waals surface area contributed by atoms with Gasteiger partial charge >= 0.3 is 5.69 Å². The number of carbonyl (C=O) groups excluding carboxylic acids is 1. The zero-order chi connectivity index (χ0) is 15.6. The Kier molecular flexibility index (Phi) is 4.49. The number of nitrogen functional groups attached to an aromatic ring is 1. The van der Waals surface area contributed by atoms with Gasteiger partial charge in [-0.3, -0.25) is 19.8 Å². The number of aryl methyl sites for hydroxylation is 1. The minimum atomic E-state index is -0.415. The number of carbonyl (C=O) groups is 1. The van der Waals surface area contributed by atoms with Crippen LogP contribution in [0.1, 0.15) is 27.4 Å². The summed E-state index contributed by atoms with van der Waals surface area (Å²) < 4.78 is 2.31. The molecule has 7 nitrogen and oxygen atoms in total. The smallest absolute Gasteiger partial charge is 0.290 e. The zero-order valence-electron chi connectivity index (χ0n) is 11.6. The molecule has 0 radical (unpaired) electrons. The van der Waals surface area contributed by atoms with Gasteiger partial charge in [-0.1, -0.05) is 0 Å². The summed E-state index contributed by atoms with van der Waals surface area (Å²) in [5.41, 5.74) is 4.12. The highest BCUT2D eigenvalue weighted by molar-refractivity contribution is 9.10. The van der Waals surface area contributed by atoms with Crippen LogP contribution in [-0.2, 0) is 6.54 Å². The van der Waals surface area contributed by atoms with Gasteiger partial charge in [0.05, 0.1) is 28.0 Å². The third-order valence-electron chi connectivity index (χ3n) is 3.07. The van der Waals surface area contributed by atoms with Crippen LogP contribution in [0.3, 0.4) is 0 Å². The van der Waals surface area contributed by atoms with Gasteiger partial charge < -0.3 is 0 Å². The molecule has 8 heteroatoms. The van der Waals surface area contributed by atoms with Crippen molar-refractivity contribution < 1.29 is 4.79 Å². The highest BCUT2D eigenvalue weighted by Crippen LogP contribution is 2.17. The van der Waals surface area contributed by atoms with Crippen molar-refractivity contribution in [3.8, 4) is 0 Å². The van der Waals surface area contributed by atoms with E-state index in [4.69, 9.17) is 5.84 Å². The molecule has 0 saturated heterocycles. The summed E-state index contributed by atoms with van der Waals surface area (Å²) in [4.78, 5) is 31.4. The van der Waals surface area contributed by atoms with Crippen LogP contribution in [0.15, 0.2) is 27.6 Å².